The topological polar surface area (TPSA) is 40.5 Å². The molecule has 0 bridgehead atoms. The van der Waals surface area contributed by atoms with Crippen molar-refractivity contribution in [1.82, 2.24) is 4.90 Å². The Labute approximate surface area is 133 Å². The Kier molecular flexibility index (Phi) is 5.78. The number of nitrogens with zero attached hydrogens (tertiary/aromatic N) is 1. The van der Waals surface area contributed by atoms with E-state index in [-0.39, 0.29) is 18.4 Å². The van der Waals surface area contributed by atoms with E-state index in [9.17, 15) is 9.90 Å². The summed E-state index contributed by atoms with van der Waals surface area (Å²) in [6.07, 6.45) is 3.78. The minimum Gasteiger partial charge on any atom is -0.396 e. The lowest BCUT2D eigenvalue weighted by molar-refractivity contribution is -0.128. The van der Waals surface area contributed by atoms with Gasteiger partial charge in [-0.3, -0.25) is 4.79 Å². The minimum absolute atomic E-state index is 0.0717. The normalized spacial score (nSPS) is 19.6. The lowest BCUT2D eigenvalue weighted by Crippen LogP contribution is -2.40. The molecular formula is C19H27NO2. The number of rotatable bonds is 4. The van der Waals surface area contributed by atoms with Crippen molar-refractivity contribution in [3.8, 4) is 0 Å². The Morgan fingerprint density at radius 1 is 1.36 bits per heavy atom. The molecule has 0 saturated carbocycles. The van der Waals surface area contributed by atoms with Crippen molar-refractivity contribution in [2.24, 2.45) is 11.8 Å². The largest absolute Gasteiger partial charge is 0.396 e. The molecule has 1 amide bonds. The van der Waals surface area contributed by atoms with Gasteiger partial charge in [0.1, 0.15) is 0 Å². The van der Waals surface area contributed by atoms with E-state index in [1.165, 1.54) is 5.56 Å². The van der Waals surface area contributed by atoms with Crippen molar-refractivity contribution in [3.63, 3.8) is 0 Å². The van der Waals surface area contributed by atoms with Gasteiger partial charge in [-0.15, -0.1) is 0 Å². The second-order valence-corrected chi connectivity index (χ2v) is 6.60. The molecule has 1 heterocycles. The fraction of sp³-hybridized carbons (Fsp3) is 0.526. The van der Waals surface area contributed by atoms with Crippen LogP contribution >= 0.6 is 0 Å². The molecule has 1 aromatic carbocycles. The van der Waals surface area contributed by atoms with Crippen molar-refractivity contribution in [3.05, 3.63) is 41.5 Å². The Bertz CT molecular complexity index is 531. The van der Waals surface area contributed by atoms with Gasteiger partial charge in [0.05, 0.1) is 0 Å². The van der Waals surface area contributed by atoms with Gasteiger partial charge < -0.3 is 10.0 Å². The van der Waals surface area contributed by atoms with Crippen LogP contribution in [0.2, 0.25) is 0 Å². The van der Waals surface area contributed by atoms with Crippen LogP contribution < -0.4 is 0 Å². The molecule has 3 heteroatoms. The molecule has 3 nitrogen and oxygen atoms in total. The molecule has 1 aromatic rings. The number of piperidine rings is 1. The van der Waals surface area contributed by atoms with Crippen LogP contribution in [0.15, 0.2) is 30.3 Å². The number of hydrogen-bond acceptors (Lipinski definition) is 2. The third kappa shape index (κ3) is 4.20. The first-order valence-electron chi connectivity index (χ1n) is 8.19. The van der Waals surface area contributed by atoms with Crippen LogP contribution in [0, 0.1) is 18.8 Å². The van der Waals surface area contributed by atoms with Gasteiger partial charge in [0.15, 0.2) is 0 Å². The minimum atomic E-state index is 0.0717. The average molecular weight is 301 g/mol. The number of benzene rings is 1. The number of carbonyl (C=O) groups excluding carboxylic acids is 1. The van der Waals surface area contributed by atoms with Gasteiger partial charge in [0, 0.05) is 25.8 Å². The van der Waals surface area contributed by atoms with E-state index >= 15 is 0 Å². The number of aliphatic hydroxyl groups is 1. The van der Waals surface area contributed by atoms with E-state index < -0.39 is 0 Å². The van der Waals surface area contributed by atoms with Gasteiger partial charge in [-0.25, -0.2) is 0 Å². The number of aliphatic hydroxyl groups excluding tert-OH is 1. The van der Waals surface area contributed by atoms with Crippen LogP contribution in [-0.2, 0) is 4.79 Å². The molecule has 2 rings (SSSR count). The number of amides is 1. The molecule has 0 aliphatic carbocycles. The third-order valence-electron chi connectivity index (χ3n) is 4.37. The van der Waals surface area contributed by atoms with E-state index in [1.807, 2.05) is 4.90 Å². The van der Waals surface area contributed by atoms with E-state index in [0.717, 1.165) is 30.5 Å². The molecule has 1 fully saturated rings. The van der Waals surface area contributed by atoms with Crippen molar-refractivity contribution in [2.45, 2.75) is 33.6 Å². The quantitative estimate of drug-likeness (QED) is 0.867. The fourth-order valence-electron chi connectivity index (χ4n) is 2.97. The predicted molar refractivity (Wildman–Crippen MR) is 90.4 cm³/mol. The first-order chi connectivity index (χ1) is 10.5. The summed E-state index contributed by atoms with van der Waals surface area (Å²) < 4.78 is 0. The van der Waals surface area contributed by atoms with Gasteiger partial charge >= 0.3 is 0 Å². The Hall–Kier alpha value is -1.61. The molecule has 1 aliphatic rings. The van der Waals surface area contributed by atoms with Crippen molar-refractivity contribution in [2.75, 3.05) is 19.7 Å². The smallest absolute Gasteiger partial charge is 0.246 e. The first-order valence-corrected chi connectivity index (χ1v) is 8.19. The van der Waals surface area contributed by atoms with Crippen LogP contribution in [0.4, 0.5) is 0 Å². The Balaban J connectivity index is 2.18. The summed E-state index contributed by atoms with van der Waals surface area (Å²) in [7, 11) is 0. The predicted octanol–water partition coefficient (Wildman–Crippen LogP) is 3.27. The molecular weight excluding hydrogens is 274 g/mol. The van der Waals surface area contributed by atoms with Gasteiger partial charge in [0.25, 0.3) is 0 Å². The number of likely N-dealkylation sites (tertiary alicyclic amines) is 1. The standard InChI is InChI=1S/C19H27NO2/c1-14(2)18(17-8-6-15(3)7-9-17)11-19(22)20-10-4-5-16(12-20)13-21/h6-9,11,14,16,21H,4-5,10,12-13H2,1-3H3/b18-11+. The Morgan fingerprint density at radius 3 is 2.64 bits per heavy atom. The molecule has 1 saturated heterocycles. The van der Waals surface area contributed by atoms with Gasteiger partial charge in [0.2, 0.25) is 5.91 Å². The lowest BCUT2D eigenvalue weighted by atomic mass is 9.93. The highest BCUT2D eigenvalue weighted by atomic mass is 16.3. The highest BCUT2D eigenvalue weighted by Gasteiger charge is 2.22. The monoisotopic (exact) mass is 301 g/mol. The summed E-state index contributed by atoms with van der Waals surface area (Å²) in [6.45, 7) is 7.94. The van der Waals surface area contributed by atoms with Gasteiger partial charge in [-0.1, -0.05) is 43.7 Å². The molecule has 0 spiro atoms. The van der Waals surface area contributed by atoms with E-state index in [4.69, 9.17) is 0 Å². The number of carbonyl (C=O) groups is 1. The molecule has 22 heavy (non-hydrogen) atoms. The second-order valence-electron chi connectivity index (χ2n) is 6.60. The maximum atomic E-state index is 12.6. The number of hydrogen-bond donors (Lipinski definition) is 1. The molecule has 1 N–H and O–H groups in total. The van der Waals surface area contributed by atoms with Crippen LogP contribution in [-0.4, -0.2) is 35.6 Å². The summed E-state index contributed by atoms with van der Waals surface area (Å²) in [5.41, 5.74) is 3.42. The van der Waals surface area contributed by atoms with E-state index in [2.05, 4.69) is 45.0 Å². The molecule has 0 radical (unpaired) electrons. The molecule has 120 valence electrons. The summed E-state index contributed by atoms with van der Waals surface area (Å²) in [5, 5.41) is 9.31. The summed E-state index contributed by atoms with van der Waals surface area (Å²) in [6, 6.07) is 8.33. The summed E-state index contributed by atoms with van der Waals surface area (Å²) in [5.74, 6) is 0.598. The Morgan fingerprint density at radius 2 is 2.05 bits per heavy atom. The molecule has 1 unspecified atom stereocenters. The van der Waals surface area contributed by atoms with Crippen LogP contribution in [0.1, 0.15) is 37.8 Å². The summed E-state index contributed by atoms with van der Waals surface area (Å²) in [4.78, 5) is 14.5. The average Bonchev–Trinajstić information content (AvgIpc) is 2.53. The van der Waals surface area contributed by atoms with E-state index in [1.54, 1.807) is 6.08 Å². The van der Waals surface area contributed by atoms with Gasteiger partial charge in [-0.2, -0.15) is 0 Å². The lowest BCUT2D eigenvalue weighted by Gasteiger charge is -2.31. The van der Waals surface area contributed by atoms with Gasteiger partial charge in [-0.05, 0) is 42.7 Å². The number of allylic oxidation sites excluding steroid dienone is 1. The SMILES string of the molecule is Cc1ccc(/C(=C/C(=O)N2CCCC(CO)C2)C(C)C)cc1. The first kappa shape index (κ1) is 16.8. The number of aryl methyl sites for hydroxylation is 1. The molecule has 0 aromatic heterocycles. The van der Waals surface area contributed by atoms with Crippen molar-refractivity contribution in [1.29, 1.82) is 0 Å². The second kappa shape index (κ2) is 7.59. The molecule has 1 atom stereocenters. The highest BCUT2D eigenvalue weighted by molar-refractivity contribution is 5.95. The zero-order chi connectivity index (χ0) is 16.1. The maximum Gasteiger partial charge on any atom is 0.246 e. The van der Waals surface area contributed by atoms with Crippen molar-refractivity contribution < 1.29 is 9.90 Å². The maximum absolute atomic E-state index is 12.6. The van der Waals surface area contributed by atoms with E-state index in [0.29, 0.717) is 12.5 Å². The third-order valence-corrected chi connectivity index (χ3v) is 4.37. The zero-order valence-corrected chi connectivity index (χ0v) is 13.9. The van der Waals surface area contributed by atoms with Crippen molar-refractivity contribution >= 4 is 11.5 Å². The fourth-order valence-corrected chi connectivity index (χ4v) is 2.97. The van der Waals surface area contributed by atoms with Crippen LogP contribution in [0.5, 0.6) is 0 Å². The molecule has 1 aliphatic heterocycles. The van der Waals surface area contributed by atoms with Crippen LogP contribution in [0.25, 0.3) is 5.57 Å². The summed E-state index contributed by atoms with van der Waals surface area (Å²) >= 11 is 0. The van der Waals surface area contributed by atoms with Crippen LogP contribution in [0.3, 0.4) is 0 Å². The highest BCUT2D eigenvalue weighted by Crippen LogP contribution is 2.24. The zero-order valence-electron chi connectivity index (χ0n) is 13.9.